The quantitative estimate of drug-likeness (QED) is 0.639. The van der Waals surface area contributed by atoms with E-state index in [2.05, 4.69) is 12.2 Å². The van der Waals surface area contributed by atoms with Crippen molar-refractivity contribution in [2.75, 3.05) is 34.7 Å². The minimum Gasteiger partial charge on any atom is -0.347 e. The molecule has 0 spiro atoms. The highest BCUT2D eigenvalue weighted by Crippen LogP contribution is 2.09. The highest BCUT2D eigenvalue weighted by molar-refractivity contribution is 5.87. The number of nitrogens with one attached hydrogen (secondary N) is 1. The summed E-state index contributed by atoms with van der Waals surface area (Å²) in [6.45, 7) is 2.24. The summed E-state index contributed by atoms with van der Waals surface area (Å²) in [6.07, 6.45) is 5.45. The molecule has 0 aromatic rings. The summed E-state index contributed by atoms with van der Waals surface area (Å²) in [5.74, 6) is -0.145. The van der Waals surface area contributed by atoms with Crippen LogP contribution in [0.15, 0.2) is 0 Å². The normalized spacial score (nSPS) is 12.3. The summed E-state index contributed by atoms with van der Waals surface area (Å²) >= 11 is 0. The van der Waals surface area contributed by atoms with Gasteiger partial charge in [-0.3, -0.25) is 14.5 Å². The lowest BCUT2D eigenvalue weighted by Gasteiger charge is -2.23. The molecule has 0 aliphatic heterocycles. The molecule has 0 aliphatic carbocycles. The Morgan fingerprint density at radius 1 is 1.05 bits per heavy atom. The fraction of sp³-hybridized carbons (Fsp3) is 0.857. The second-order valence-corrected chi connectivity index (χ2v) is 5.33. The largest absolute Gasteiger partial charge is 0.347 e. The predicted molar refractivity (Wildman–Crippen MR) is 77.9 cm³/mol. The summed E-state index contributed by atoms with van der Waals surface area (Å²) in [5.41, 5.74) is 0. The minimum absolute atomic E-state index is 0.0586. The molecule has 5 heteroatoms. The Balaban J connectivity index is 4.15. The van der Waals surface area contributed by atoms with E-state index in [0.717, 1.165) is 19.3 Å². The van der Waals surface area contributed by atoms with Crippen molar-refractivity contribution in [1.82, 2.24) is 15.1 Å². The molecule has 0 saturated carbocycles. The number of likely N-dealkylation sites (N-methyl/N-ethyl adjacent to an activating group) is 2. The zero-order valence-electron chi connectivity index (χ0n) is 13.0. The van der Waals surface area contributed by atoms with Crippen molar-refractivity contribution < 1.29 is 9.59 Å². The van der Waals surface area contributed by atoms with Gasteiger partial charge in [0, 0.05) is 14.1 Å². The second-order valence-electron chi connectivity index (χ2n) is 5.33. The number of carbonyl (C=O) groups is 2. The van der Waals surface area contributed by atoms with Crippen molar-refractivity contribution in [2.45, 2.75) is 45.1 Å². The topological polar surface area (TPSA) is 52.7 Å². The van der Waals surface area contributed by atoms with E-state index < -0.39 is 0 Å². The fourth-order valence-electron chi connectivity index (χ4n) is 1.83. The van der Waals surface area contributed by atoms with E-state index >= 15 is 0 Å². The van der Waals surface area contributed by atoms with E-state index in [-0.39, 0.29) is 24.4 Å². The third-order valence-corrected chi connectivity index (χ3v) is 3.17. The van der Waals surface area contributed by atoms with Crippen LogP contribution >= 0.6 is 0 Å². The number of rotatable bonds is 9. The average molecular weight is 271 g/mol. The number of amides is 2. The molecule has 0 fully saturated rings. The number of hydrogen-bond donors (Lipinski definition) is 1. The molecule has 0 rings (SSSR count). The molecule has 0 aromatic heterocycles. The van der Waals surface area contributed by atoms with Gasteiger partial charge in [-0.05, 0) is 20.5 Å². The molecule has 0 radical (unpaired) electrons. The van der Waals surface area contributed by atoms with E-state index in [1.807, 2.05) is 19.0 Å². The zero-order valence-corrected chi connectivity index (χ0v) is 13.0. The van der Waals surface area contributed by atoms with Crippen LogP contribution in [-0.2, 0) is 9.59 Å². The van der Waals surface area contributed by atoms with Crippen LogP contribution in [0.5, 0.6) is 0 Å². The molecule has 1 N–H and O–H groups in total. The van der Waals surface area contributed by atoms with E-state index in [1.54, 1.807) is 14.1 Å². The van der Waals surface area contributed by atoms with Crippen molar-refractivity contribution in [3.05, 3.63) is 0 Å². The lowest BCUT2D eigenvalue weighted by molar-refractivity contribution is -0.132. The molecule has 112 valence electrons. The molecule has 1 atom stereocenters. The van der Waals surface area contributed by atoms with E-state index in [0.29, 0.717) is 0 Å². The highest BCUT2D eigenvalue weighted by atomic mass is 16.2. The molecule has 2 amide bonds. The van der Waals surface area contributed by atoms with Gasteiger partial charge in [-0.15, -0.1) is 0 Å². The lowest BCUT2D eigenvalue weighted by atomic mass is 10.1. The standard InChI is InChI=1S/C14H29N3O2/c1-6-7-8-9-10-12(16(2)3)14(19)15-11-13(18)17(4)5/h12H,6-11H2,1-5H3,(H,15,19). The fourth-order valence-corrected chi connectivity index (χ4v) is 1.83. The van der Waals surface area contributed by atoms with Gasteiger partial charge in [-0.2, -0.15) is 0 Å². The third kappa shape index (κ3) is 7.82. The van der Waals surface area contributed by atoms with Crippen LogP contribution in [0, 0.1) is 0 Å². The van der Waals surface area contributed by atoms with Crippen molar-refractivity contribution in [3.63, 3.8) is 0 Å². The van der Waals surface area contributed by atoms with Gasteiger partial charge < -0.3 is 10.2 Å². The van der Waals surface area contributed by atoms with Crippen LogP contribution in [0.2, 0.25) is 0 Å². The van der Waals surface area contributed by atoms with Crippen LogP contribution in [0.3, 0.4) is 0 Å². The molecule has 0 bridgehead atoms. The van der Waals surface area contributed by atoms with E-state index in [9.17, 15) is 9.59 Å². The van der Waals surface area contributed by atoms with Crippen LogP contribution in [0.25, 0.3) is 0 Å². The maximum absolute atomic E-state index is 12.1. The summed E-state index contributed by atoms with van der Waals surface area (Å²) in [6, 6.07) is -0.146. The van der Waals surface area contributed by atoms with Crippen molar-refractivity contribution in [3.8, 4) is 0 Å². The highest BCUT2D eigenvalue weighted by Gasteiger charge is 2.20. The van der Waals surface area contributed by atoms with Crippen molar-refractivity contribution in [1.29, 1.82) is 0 Å². The monoisotopic (exact) mass is 271 g/mol. The van der Waals surface area contributed by atoms with Gasteiger partial charge in [0.1, 0.15) is 0 Å². The zero-order chi connectivity index (χ0) is 14.8. The molecule has 19 heavy (non-hydrogen) atoms. The number of unbranched alkanes of at least 4 members (excludes halogenated alkanes) is 3. The first-order valence-corrected chi connectivity index (χ1v) is 7.04. The molecule has 5 nitrogen and oxygen atoms in total. The van der Waals surface area contributed by atoms with Crippen molar-refractivity contribution in [2.24, 2.45) is 0 Å². The maximum Gasteiger partial charge on any atom is 0.241 e. The Bertz CT molecular complexity index is 278. The average Bonchev–Trinajstić information content (AvgIpc) is 2.34. The van der Waals surface area contributed by atoms with Gasteiger partial charge >= 0.3 is 0 Å². The predicted octanol–water partition coefficient (Wildman–Crippen LogP) is 1.09. The Hall–Kier alpha value is -1.10. The number of carbonyl (C=O) groups excluding carboxylic acids is 2. The molecule has 1 unspecified atom stereocenters. The number of hydrogen-bond acceptors (Lipinski definition) is 3. The first-order valence-electron chi connectivity index (χ1n) is 7.04. The molecular formula is C14H29N3O2. The van der Waals surface area contributed by atoms with Crippen LogP contribution in [-0.4, -0.2) is 62.4 Å². The maximum atomic E-state index is 12.1. The third-order valence-electron chi connectivity index (χ3n) is 3.17. The summed E-state index contributed by atoms with van der Waals surface area (Å²) in [4.78, 5) is 26.9. The van der Waals surface area contributed by atoms with Gasteiger partial charge in [0.2, 0.25) is 11.8 Å². The minimum atomic E-state index is -0.146. The molecular weight excluding hydrogens is 242 g/mol. The van der Waals surface area contributed by atoms with Gasteiger partial charge in [0.15, 0.2) is 0 Å². The van der Waals surface area contributed by atoms with E-state index in [4.69, 9.17) is 0 Å². The van der Waals surface area contributed by atoms with Gasteiger partial charge in [0.05, 0.1) is 12.6 Å². The molecule has 0 saturated heterocycles. The Kier molecular flexibility index (Phi) is 9.21. The molecule has 0 aliphatic rings. The summed E-state index contributed by atoms with van der Waals surface area (Å²) in [5, 5.41) is 2.71. The van der Waals surface area contributed by atoms with E-state index in [1.165, 1.54) is 17.7 Å². The van der Waals surface area contributed by atoms with Crippen molar-refractivity contribution >= 4 is 11.8 Å². The van der Waals surface area contributed by atoms with Gasteiger partial charge in [-0.1, -0.05) is 32.6 Å². The van der Waals surface area contributed by atoms with Crippen LogP contribution < -0.4 is 5.32 Å². The van der Waals surface area contributed by atoms with Crippen LogP contribution in [0.4, 0.5) is 0 Å². The lowest BCUT2D eigenvalue weighted by Crippen LogP contribution is -2.46. The smallest absolute Gasteiger partial charge is 0.241 e. The van der Waals surface area contributed by atoms with Gasteiger partial charge in [0.25, 0.3) is 0 Å². The first kappa shape index (κ1) is 17.9. The second kappa shape index (κ2) is 9.78. The molecule has 0 aromatic carbocycles. The first-order chi connectivity index (χ1) is 8.90. The summed E-state index contributed by atoms with van der Waals surface area (Å²) < 4.78 is 0. The SMILES string of the molecule is CCCCCCC(C(=O)NCC(=O)N(C)C)N(C)C. The van der Waals surface area contributed by atoms with Crippen LogP contribution in [0.1, 0.15) is 39.0 Å². The molecule has 0 heterocycles. The van der Waals surface area contributed by atoms with Gasteiger partial charge in [-0.25, -0.2) is 0 Å². The number of nitrogens with zero attached hydrogens (tertiary/aromatic N) is 2. The Labute approximate surface area is 117 Å². The summed E-state index contributed by atoms with van der Waals surface area (Å²) in [7, 11) is 7.17. The Morgan fingerprint density at radius 3 is 2.16 bits per heavy atom. The Morgan fingerprint density at radius 2 is 1.68 bits per heavy atom.